The first-order valence-electron chi connectivity index (χ1n) is 11.5. The maximum atomic E-state index is 12.4. The summed E-state index contributed by atoms with van der Waals surface area (Å²) in [6, 6.07) is 17.8. The highest BCUT2D eigenvalue weighted by atomic mass is 35.5. The van der Waals surface area contributed by atoms with Crippen LogP contribution in [0.25, 0.3) is 11.0 Å². The highest BCUT2D eigenvalue weighted by Gasteiger charge is 2.20. The number of amides is 1. The van der Waals surface area contributed by atoms with Crippen LogP contribution in [0.15, 0.2) is 67.0 Å². The molecule has 4 aromatic rings. The average Bonchev–Trinajstić information content (AvgIpc) is 3.29. The minimum Gasteiger partial charge on any atom is -0.371 e. The van der Waals surface area contributed by atoms with E-state index in [4.69, 9.17) is 11.6 Å². The molecular weight excluding hydrogens is 448 g/mol. The van der Waals surface area contributed by atoms with Crippen LogP contribution in [0.2, 0.25) is 5.02 Å². The summed E-state index contributed by atoms with van der Waals surface area (Å²) in [6.45, 7) is 3.12. The molecule has 7 nitrogen and oxygen atoms in total. The third-order valence-corrected chi connectivity index (χ3v) is 6.45. The number of H-pyrrole nitrogens is 1. The molecule has 0 saturated carbocycles. The van der Waals surface area contributed by atoms with Crippen LogP contribution in [0.5, 0.6) is 0 Å². The third kappa shape index (κ3) is 5.38. The molecule has 0 unspecified atom stereocenters. The van der Waals surface area contributed by atoms with Gasteiger partial charge in [-0.25, -0.2) is 4.98 Å². The number of imidazole rings is 1. The standard InChI is InChI=1S/C26H27ClN6O/c27-20-5-8-23-24(14-20)32-25(31-23)17-29-21-9-12-33(13-10-21)22-6-3-19(4-7-22)26(34)30-16-18-2-1-11-28-15-18/h1-8,11,14-15,21,29H,9-10,12-13,16-17H2,(H,30,34)(H,31,32). The van der Waals surface area contributed by atoms with Gasteiger partial charge in [0.15, 0.2) is 0 Å². The number of carbonyl (C=O) groups is 1. The quantitative estimate of drug-likeness (QED) is 0.372. The Labute approximate surface area is 203 Å². The predicted molar refractivity (Wildman–Crippen MR) is 135 cm³/mol. The van der Waals surface area contributed by atoms with Crippen molar-refractivity contribution in [3.8, 4) is 0 Å². The van der Waals surface area contributed by atoms with Gasteiger partial charge in [0, 0.05) is 54.3 Å². The minimum absolute atomic E-state index is 0.0776. The van der Waals surface area contributed by atoms with Crippen LogP contribution in [0.4, 0.5) is 5.69 Å². The van der Waals surface area contributed by atoms with Crippen molar-refractivity contribution < 1.29 is 4.79 Å². The highest BCUT2D eigenvalue weighted by molar-refractivity contribution is 6.31. The van der Waals surface area contributed by atoms with Gasteiger partial charge in [0.2, 0.25) is 0 Å². The number of hydrogen-bond donors (Lipinski definition) is 3. The van der Waals surface area contributed by atoms with E-state index in [0.29, 0.717) is 29.7 Å². The number of anilines is 1. The lowest BCUT2D eigenvalue weighted by atomic mass is 10.0. The smallest absolute Gasteiger partial charge is 0.251 e. The molecule has 2 aromatic heterocycles. The van der Waals surface area contributed by atoms with Gasteiger partial charge in [-0.1, -0.05) is 17.7 Å². The van der Waals surface area contributed by atoms with Gasteiger partial charge in [-0.05, 0) is 66.9 Å². The van der Waals surface area contributed by atoms with E-state index < -0.39 is 0 Å². The summed E-state index contributed by atoms with van der Waals surface area (Å²) in [6.07, 6.45) is 5.59. The summed E-state index contributed by atoms with van der Waals surface area (Å²) >= 11 is 6.06. The lowest BCUT2D eigenvalue weighted by Crippen LogP contribution is -2.42. The average molecular weight is 475 g/mol. The van der Waals surface area contributed by atoms with E-state index in [9.17, 15) is 4.79 Å². The van der Waals surface area contributed by atoms with Gasteiger partial charge in [-0.3, -0.25) is 9.78 Å². The topological polar surface area (TPSA) is 85.9 Å². The van der Waals surface area contributed by atoms with Crippen LogP contribution in [0.1, 0.15) is 34.6 Å². The second-order valence-corrected chi connectivity index (χ2v) is 9.01. The van der Waals surface area contributed by atoms with Gasteiger partial charge in [-0.15, -0.1) is 0 Å². The van der Waals surface area contributed by atoms with Crippen molar-refractivity contribution in [2.24, 2.45) is 0 Å². The molecule has 1 fully saturated rings. The Kier molecular flexibility index (Phi) is 6.74. The van der Waals surface area contributed by atoms with E-state index in [1.54, 1.807) is 12.4 Å². The number of rotatable bonds is 7. The van der Waals surface area contributed by atoms with Crippen LogP contribution in [-0.2, 0) is 13.1 Å². The molecule has 0 radical (unpaired) electrons. The summed E-state index contributed by atoms with van der Waals surface area (Å²) < 4.78 is 0. The fraction of sp³-hybridized carbons (Fsp3) is 0.269. The molecular formula is C26H27ClN6O. The predicted octanol–water partition coefficient (Wildman–Crippen LogP) is 4.30. The molecule has 5 rings (SSSR count). The third-order valence-electron chi connectivity index (χ3n) is 6.22. The van der Waals surface area contributed by atoms with Gasteiger partial charge in [0.25, 0.3) is 5.91 Å². The number of aromatic amines is 1. The molecule has 1 aliphatic rings. The molecule has 1 saturated heterocycles. The zero-order chi connectivity index (χ0) is 23.3. The second-order valence-electron chi connectivity index (χ2n) is 8.58. The number of pyridine rings is 1. The first-order valence-corrected chi connectivity index (χ1v) is 11.9. The van der Waals surface area contributed by atoms with E-state index in [0.717, 1.165) is 54.0 Å². The maximum Gasteiger partial charge on any atom is 0.251 e. The Hall–Kier alpha value is -3.42. The number of hydrogen-bond acceptors (Lipinski definition) is 5. The van der Waals surface area contributed by atoms with E-state index >= 15 is 0 Å². The van der Waals surface area contributed by atoms with E-state index in [1.807, 2.05) is 54.6 Å². The number of piperidine rings is 1. The first kappa shape index (κ1) is 22.4. The van der Waals surface area contributed by atoms with Crippen LogP contribution < -0.4 is 15.5 Å². The lowest BCUT2D eigenvalue weighted by molar-refractivity contribution is 0.0951. The van der Waals surface area contributed by atoms with Crippen molar-refractivity contribution in [2.75, 3.05) is 18.0 Å². The first-order chi connectivity index (χ1) is 16.6. The van der Waals surface area contributed by atoms with E-state index in [-0.39, 0.29) is 5.91 Å². The van der Waals surface area contributed by atoms with Gasteiger partial charge < -0.3 is 20.5 Å². The summed E-state index contributed by atoms with van der Waals surface area (Å²) in [5, 5.41) is 7.28. The summed E-state index contributed by atoms with van der Waals surface area (Å²) in [4.78, 5) is 26.9. The normalized spacial score (nSPS) is 14.4. The van der Waals surface area contributed by atoms with Crippen LogP contribution >= 0.6 is 11.6 Å². The highest BCUT2D eigenvalue weighted by Crippen LogP contribution is 2.21. The van der Waals surface area contributed by atoms with E-state index in [2.05, 4.69) is 30.5 Å². The zero-order valence-electron chi connectivity index (χ0n) is 18.8. The van der Waals surface area contributed by atoms with Crippen molar-refractivity contribution in [1.82, 2.24) is 25.6 Å². The summed E-state index contributed by atoms with van der Waals surface area (Å²) in [7, 11) is 0. The molecule has 1 amide bonds. The molecule has 8 heteroatoms. The molecule has 0 atom stereocenters. The number of aromatic nitrogens is 3. The number of halogens is 1. The number of benzene rings is 2. The zero-order valence-corrected chi connectivity index (χ0v) is 19.6. The Morgan fingerprint density at radius 3 is 2.68 bits per heavy atom. The van der Waals surface area contributed by atoms with Crippen molar-refractivity contribution in [1.29, 1.82) is 0 Å². The number of fused-ring (bicyclic) bond motifs is 1. The molecule has 3 heterocycles. The molecule has 174 valence electrons. The summed E-state index contributed by atoms with van der Waals surface area (Å²) in [5.41, 5.74) is 4.69. The van der Waals surface area contributed by atoms with Crippen molar-refractivity contribution in [3.05, 3.63) is 89.0 Å². The number of carbonyl (C=O) groups excluding carboxylic acids is 1. The van der Waals surface area contributed by atoms with Crippen molar-refractivity contribution in [3.63, 3.8) is 0 Å². The molecule has 0 bridgehead atoms. The Morgan fingerprint density at radius 1 is 1.09 bits per heavy atom. The lowest BCUT2D eigenvalue weighted by Gasteiger charge is -2.34. The maximum absolute atomic E-state index is 12.4. The van der Waals surface area contributed by atoms with Gasteiger partial charge in [0.05, 0.1) is 17.6 Å². The van der Waals surface area contributed by atoms with Crippen LogP contribution in [0.3, 0.4) is 0 Å². The van der Waals surface area contributed by atoms with Crippen LogP contribution in [-0.4, -0.2) is 40.0 Å². The summed E-state index contributed by atoms with van der Waals surface area (Å²) in [5.74, 6) is 0.850. The Morgan fingerprint density at radius 2 is 1.91 bits per heavy atom. The minimum atomic E-state index is -0.0776. The molecule has 2 aromatic carbocycles. The van der Waals surface area contributed by atoms with Crippen LogP contribution in [0, 0.1) is 0 Å². The van der Waals surface area contributed by atoms with Gasteiger partial charge >= 0.3 is 0 Å². The fourth-order valence-corrected chi connectivity index (χ4v) is 4.48. The molecule has 0 aliphatic carbocycles. The number of nitrogens with one attached hydrogen (secondary N) is 3. The number of nitrogens with zero attached hydrogens (tertiary/aromatic N) is 3. The monoisotopic (exact) mass is 474 g/mol. The molecule has 3 N–H and O–H groups in total. The fourth-order valence-electron chi connectivity index (χ4n) is 4.31. The van der Waals surface area contributed by atoms with Crippen molar-refractivity contribution >= 4 is 34.2 Å². The molecule has 1 aliphatic heterocycles. The van der Waals surface area contributed by atoms with Gasteiger partial charge in [0.1, 0.15) is 5.82 Å². The Bertz CT molecular complexity index is 1250. The second kappa shape index (κ2) is 10.2. The SMILES string of the molecule is O=C(NCc1cccnc1)c1ccc(N2CCC(NCc3nc4ccc(Cl)cc4[nH]3)CC2)cc1. The molecule has 0 spiro atoms. The van der Waals surface area contributed by atoms with E-state index in [1.165, 1.54) is 0 Å². The Balaban J connectivity index is 1.09. The largest absolute Gasteiger partial charge is 0.371 e. The van der Waals surface area contributed by atoms with Crippen molar-refractivity contribution in [2.45, 2.75) is 32.0 Å². The molecule has 34 heavy (non-hydrogen) atoms. The van der Waals surface area contributed by atoms with Gasteiger partial charge in [-0.2, -0.15) is 0 Å².